The van der Waals surface area contributed by atoms with Crippen molar-refractivity contribution in [2.45, 2.75) is 12.5 Å². The highest BCUT2D eigenvalue weighted by Crippen LogP contribution is 2.15. The number of hydrogen-bond donors (Lipinski definition) is 1. The summed E-state index contributed by atoms with van der Waals surface area (Å²) in [5.74, 6) is 0.422. The maximum Gasteiger partial charge on any atom is 0.200 e. The number of carbonyl (C=O) groups excluding carboxylic acids is 1. The van der Waals surface area contributed by atoms with Crippen molar-refractivity contribution in [3.05, 3.63) is 54.1 Å². The van der Waals surface area contributed by atoms with E-state index in [2.05, 4.69) is 4.98 Å². The molecule has 0 aliphatic heterocycles. The monoisotopic (exact) mass is 229 g/mol. The minimum absolute atomic E-state index is 0.0335. The maximum absolute atomic E-state index is 11.9. The number of carbonyl (C=O) groups is 1. The predicted molar refractivity (Wildman–Crippen MR) is 65.5 cm³/mol. The van der Waals surface area contributed by atoms with Gasteiger partial charge in [0, 0.05) is 31.9 Å². The Morgan fingerprint density at radius 3 is 2.71 bits per heavy atom. The fourth-order valence-electron chi connectivity index (χ4n) is 1.74. The average Bonchev–Trinajstić information content (AvgIpc) is 2.76. The Labute approximate surface area is 100 Å². The van der Waals surface area contributed by atoms with Gasteiger partial charge in [0.25, 0.3) is 0 Å². The number of Topliss-reactive ketones (excluding diaryl/α,β-unsaturated/α-hetero) is 1. The molecule has 0 radical (unpaired) electrons. The number of nitrogens with zero attached hydrogens (tertiary/aromatic N) is 2. The zero-order valence-electron chi connectivity index (χ0n) is 9.71. The van der Waals surface area contributed by atoms with Gasteiger partial charge in [-0.05, 0) is 5.56 Å². The summed E-state index contributed by atoms with van der Waals surface area (Å²) in [6.07, 6.45) is 3.64. The molecule has 1 unspecified atom stereocenters. The van der Waals surface area contributed by atoms with Crippen LogP contribution in [-0.2, 0) is 7.05 Å². The number of hydrogen-bond acceptors (Lipinski definition) is 3. The molecule has 1 heterocycles. The zero-order valence-corrected chi connectivity index (χ0v) is 9.71. The highest BCUT2D eigenvalue weighted by Gasteiger charge is 2.16. The highest BCUT2D eigenvalue weighted by atomic mass is 16.1. The van der Waals surface area contributed by atoms with Crippen molar-refractivity contribution in [3.63, 3.8) is 0 Å². The van der Waals surface area contributed by atoms with E-state index >= 15 is 0 Å². The van der Waals surface area contributed by atoms with Crippen molar-refractivity contribution in [1.82, 2.24) is 9.55 Å². The van der Waals surface area contributed by atoms with Crippen molar-refractivity contribution in [2.75, 3.05) is 0 Å². The van der Waals surface area contributed by atoms with Gasteiger partial charge in [-0.25, -0.2) is 4.98 Å². The summed E-state index contributed by atoms with van der Waals surface area (Å²) in [5.41, 5.74) is 6.96. The molecule has 1 aromatic heterocycles. The summed E-state index contributed by atoms with van der Waals surface area (Å²) < 4.78 is 1.71. The van der Waals surface area contributed by atoms with Gasteiger partial charge in [-0.3, -0.25) is 4.79 Å². The number of ketones is 1. The van der Waals surface area contributed by atoms with E-state index in [0.717, 1.165) is 5.56 Å². The van der Waals surface area contributed by atoms with E-state index in [9.17, 15) is 4.79 Å². The summed E-state index contributed by atoms with van der Waals surface area (Å²) in [6, 6.07) is 9.34. The third kappa shape index (κ3) is 2.60. The smallest absolute Gasteiger partial charge is 0.200 e. The van der Waals surface area contributed by atoms with E-state index in [0.29, 0.717) is 5.82 Å². The standard InChI is InChI=1S/C13H15N3O/c1-16-8-7-15-13(16)12(17)9-11(14)10-5-3-2-4-6-10/h2-8,11H,9,14H2,1H3. The Balaban J connectivity index is 2.08. The molecule has 88 valence electrons. The van der Waals surface area contributed by atoms with Crippen LogP contribution in [0.2, 0.25) is 0 Å². The van der Waals surface area contributed by atoms with E-state index in [-0.39, 0.29) is 18.2 Å². The first-order valence-electron chi connectivity index (χ1n) is 5.49. The van der Waals surface area contributed by atoms with Gasteiger partial charge < -0.3 is 10.3 Å². The van der Waals surface area contributed by atoms with Crippen LogP contribution in [0.25, 0.3) is 0 Å². The largest absolute Gasteiger partial charge is 0.332 e. The Morgan fingerprint density at radius 1 is 1.41 bits per heavy atom. The fourth-order valence-corrected chi connectivity index (χ4v) is 1.74. The van der Waals surface area contributed by atoms with Crippen LogP contribution < -0.4 is 5.73 Å². The van der Waals surface area contributed by atoms with Gasteiger partial charge in [0.05, 0.1) is 0 Å². The lowest BCUT2D eigenvalue weighted by Gasteiger charge is -2.10. The van der Waals surface area contributed by atoms with Crippen LogP contribution in [0.3, 0.4) is 0 Å². The lowest BCUT2D eigenvalue weighted by Crippen LogP contribution is -2.17. The quantitative estimate of drug-likeness (QED) is 0.811. The van der Waals surface area contributed by atoms with E-state index in [1.54, 1.807) is 24.0 Å². The lowest BCUT2D eigenvalue weighted by atomic mass is 10.0. The lowest BCUT2D eigenvalue weighted by molar-refractivity contribution is 0.0961. The molecular formula is C13H15N3O. The molecule has 2 rings (SSSR count). The Hall–Kier alpha value is -1.94. The van der Waals surface area contributed by atoms with Crippen molar-refractivity contribution in [1.29, 1.82) is 0 Å². The molecule has 1 atom stereocenters. The van der Waals surface area contributed by atoms with Crippen LogP contribution >= 0.6 is 0 Å². The first-order valence-corrected chi connectivity index (χ1v) is 5.49. The molecule has 4 nitrogen and oxygen atoms in total. The van der Waals surface area contributed by atoms with Crippen LogP contribution in [0.1, 0.15) is 28.6 Å². The summed E-state index contributed by atoms with van der Waals surface area (Å²) >= 11 is 0. The molecule has 0 aliphatic carbocycles. The molecule has 0 saturated heterocycles. The van der Waals surface area contributed by atoms with Crippen LogP contribution in [0.5, 0.6) is 0 Å². The van der Waals surface area contributed by atoms with Gasteiger partial charge in [-0.2, -0.15) is 0 Å². The van der Waals surface area contributed by atoms with Gasteiger partial charge >= 0.3 is 0 Å². The summed E-state index contributed by atoms with van der Waals surface area (Å²) in [5, 5.41) is 0. The Kier molecular flexibility index (Phi) is 3.35. The summed E-state index contributed by atoms with van der Waals surface area (Å²) in [7, 11) is 1.80. The van der Waals surface area contributed by atoms with Crippen molar-refractivity contribution in [3.8, 4) is 0 Å². The molecular weight excluding hydrogens is 214 g/mol. The van der Waals surface area contributed by atoms with Crippen LogP contribution in [-0.4, -0.2) is 15.3 Å². The third-order valence-corrected chi connectivity index (χ3v) is 2.70. The molecule has 0 aliphatic rings. The molecule has 0 amide bonds. The van der Waals surface area contributed by atoms with Crippen LogP contribution in [0.4, 0.5) is 0 Å². The van der Waals surface area contributed by atoms with Crippen molar-refractivity contribution < 1.29 is 4.79 Å². The number of rotatable bonds is 4. The SMILES string of the molecule is Cn1ccnc1C(=O)CC(N)c1ccccc1. The first kappa shape index (κ1) is 11.5. The zero-order chi connectivity index (χ0) is 12.3. The predicted octanol–water partition coefficient (Wildman–Crippen LogP) is 1.69. The van der Waals surface area contributed by atoms with Crippen LogP contribution in [0.15, 0.2) is 42.7 Å². The molecule has 1 aromatic carbocycles. The molecule has 0 spiro atoms. The van der Waals surface area contributed by atoms with E-state index in [1.807, 2.05) is 30.3 Å². The molecule has 0 fully saturated rings. The highest BCUT2D eigenvalue weighted by molar-refractivity contribution is 5.93. The summed E-state index contributed by atoms with van der Waals surface area (Å²) in [4.78, 5) is 16.0. The number of imidazole rings is 1. The minimum atomic E-state index is -0.277. The number of nitrogens with two attached hydrogens (primary N) is 1. The van der Waals surface area contributed by atoms with E-state index in [4.69, 9.17) is 5.73 Å². The van der Waals surface area contributed by atoms with Gasteiger partial charge in [0.15, 0.2) is 11.6 Å². The molecule has 2 N–H and O–H groups in total. The first-order chi connectivity index (χ1) is 8.18. The second-order valence-electron chi connectivity index (χ2n) is 4.01. The molecule has 4 heteroatoms. The van der Waals surface area contributed by atoms with Gasteiger partial charge in [-0.15, -0.1) is 0 Å². The van der Waals surface area contributed by atoms with Gasteiger partial charge in [0.2, 0.25) is 0 Å². The van der Waals surface area contributed by atoms with Crippen molar-refractivity contribution in [2.24, 2.45) is 12.8 Å². The van der Waals surface area contributed by atoms with E-state index < -0.39 is 0 Å². The number of aromatic nitrogens is 2. The van der Waals surface area contributed by atoms with Gasteiger partial charge in [-0.1, -0.05) is 30.3 Å². The minimum Gasteiger partial charge on any atom is -0.332 e. The second kappa shape index (κ2) is 4.93. The normalized spacial score (nSPS) is 12.4. The second-order valence-corrected chi connectivity index (χ2v) is 4.01. The molecule has 0 saturated carbocycles. The average molecular weight is 229 g/mol. The van der Waals surface area contributed by atoms with Crippen LogP contribution in [0, 0.1) is 0 Å². The molecule has 0 bridgehead atoms. The maximum atomic E-state index is 11.9. The Morgan fingerprint density at radius 2 is 2.12 bits per heavy atom. The fraction of sp³-hybridized carbons (Fsp3) is 0.231. The Bertz CT molecular complexity index is 504. The summed E-state index contributed by atoms with van der Waals surface area (Å²) in [6.45, 7) is 0. The van der Waals surface area contributed by atoms with Gasteiger partial charge in [0.1, 0.15) is 0 Å². The topological polar surface area (TPSA) is 60.9 Å². The van der Waals surface area contributed by atoms with Crippen molar-refractivity contribution >= 4 is 5.78 Å². The molecule has 17 heavy (non-hydrogen) atoms. The number of aryl methyl sites for hydroxylation is 1. The third-order valence-electron chi connectivity index (χ3n) is 2.70. The number of benzene rings is 1. The van der Waals surface area contributed by atoms with E-state index in [1.165, 1.54) is 0 Å². The molecule has 2 aromatic rings.